The highest BCUT2D eigenvalue weighted by Crippen LogP contribution is 2.40. The first-order valence-corrected chi connectivity index (χ1v) is 8.92. The van der Waals surface area contributed by atoms with E-state index >= 15 is 0 Å². The number of benzene rings is 1. The van der Waals surface area contributed by atoms with Gasteiger partial charge in [0.15, 0.2) is 5.96 Å². The van der Waals surface area contributed by atoms with E-state index in [1.54, 1.807) is 12.1 Å². The summed E-state index contributed by atoms with van der Waals surface area (Å²) in [7, 11) is 0. The number of nitrogens with zero attached hydrogens (tertiary/aromatic N) is 2. The van der Waals surface area contributed by atoms with Crippen LogP contribution in [0.3, 0.4) is 0 Å². The summed E-state index contributed by atoms with van der Waals surface area (Å²) in [5.41, 5.74) is 6.41. The summed E-state index contributed by atoms with van der Waals surface area (Å²) < 4.78 is 37.7. The molecule has 0 spiro atoms. The minimum Gasteiger partial charge on any atom is -0.370 e. The van der Waals surface area contributed by atoms with E-state index in [4.69, 9.17) is 5.73 Å². The predicted octanol–water partition coefficient (Wildman–Crippen LogP) is 3.31. The summed E-state index contributed by atoms with van der Waals surface area (Å²) in [6.07, 6.45) is -2.56. The van der Waals surface area contributed by atoms with E-state index in [2.05, 4.69) is 9.89 Å². The van der Waals surface area contributed by atoms with Gasteiger partial charge >= 0.3 is 6.18 Å². The lowest BCUT2D eigenvalue weighted by atomic mass is 9.76. The van der Waals surface area contributed by atoms with E-state index in [1.807, 2.05) is 11.8 Å². The SMILES string of the molecule is NC(=NC1CC(c2ccc(C(F)(F)F)cc2)C1)N1CCSCC1. The van der Waals surface area contributed by atoms with Gasteiger partial charge in [0.25, 0.3) is 0 Å². The number of aliphatic imine (C=N–C) groups is 1. The Kier molecular flexibility index (Phi) is 4.75. The lowest BCUT2D eigenvalue weighted by Crippen LogP contribution is -2.44. The van der Waals surface area contributed by atoms with Gasteiger partial charge in [0, 0.05) is 24.6 Å². The van der Waals surface area contributed by atoms with E-state index in [9.17, 15) is 13.2 Å². The molecule has 1 aromatic carbocycles. The summed E-state index contributed by atoms with van der Waals surface area (Å²) >= 11 is 1.92. The van der Waals surface area contributed by atoms with Crippen LogP contribution >= 0.6 is 11.8 Å². The van der Waals surface area contributed by atoms with Crippen LogP contribution in [0.25, 0.3) is 0 Å². The zero-order chi connectivity index (χ0) is 16.4. The molecule has 2 fully saturated rings. The molecule has 0 radical (unpaired) electrons. The fourth-order valence-corrected chi connectivity index (χ4v) is 3.87. The van der Waals surface area contributed by atoms with Crippen molar-refractivity contribution in [2.24, 2.45) is 10.7 Å². The first-order valence-electron chi connectivity index (χ1n) is 7.76. The Bertz CT molecular complexity index is 559. The molecule has 3 rings (SSSR count). The molecule has 1 aromatic rings. The number of hydrogen-bond donors (Lipinski definition) is 1. The standard InChI is InChI=1S/C16H20F3N3S/c17-16(18,19)13-3-1-11(2-4-13)12-9-14(10-12)21-15(20)22-5-7-23-8-6-22/h1-4,12,14H,5-10H2,(H2,20,21). The molecule has 2 aliphatic rings. The average molecular weight is 343 g/mol. The molecule has 1 heterocycles. The highest BCUT2D eigenvalue weighted by atomic mass is 32.2. The van der Waals surface area contributed by atoms with Crippen LogP contribution in [0, 0.1) is 0 Å². The number of nitrogens with two attached hydrogens (primary N) is 1. The second-order valence-corrected chi connectivity index (χ2v) is 7.25. The topological polar surface area (TPSA) is 41.6 Å². The highest BCUT2D eigenvalue weighted by molar-refractivity contribution is 7.99. The van der Waals surface area contributed by atoms with Crippen molar-refractivity contribution >= 4 is 17.7 Å². The minimum absolute atomic E-state index is 0.192. The second kappa shape index (κ2) is 6.63. The number of thioether (sulfide) groups is 1. The van der Waals surface area contributed by atoms with Crippen molar-refractivity contribution in [2.45, 2.75) is 31.0 Å². The van der Waals surface area contributed by atoms with E-state index in [0.29, 0.717) is 5.96 Å². The first kappa shape index (κ1) is 16.5. The van der Waals surface area contributed by atoms with Crippen LogP contribution in [0.2, 0.25) is 0 Å². The van der Waals surface area contributed by atoms with Crippen LogP contribution in [0.5, 0.6) is 0 Å². The van der Waals surface area contributed by atoms with Gasteiger partial charge in [-0.1, -0.05) is 12.1 Å². The maximum Gasteiger partial charge on any atom is 0.416 e. The molecule has 126 valence electrons. The zero-order valence-electron chi connectivity index (χ0n) is 12.7. The van der Waals surface area contributed by atoms with Crippen LogP contribution < -0.4 is 5.73 Å². The van der Waals surface area contributed by atoms with Crippen LogP contribution in [-0.4, -0.2) is 41.5 Å². The van der Waals surface area contributed by atoms with Gasteiger partial charge in [-0.15, -0.1) is 0 Å². The Labute approximate surface area is 138 Å². The second-order valence-electron chi connectivity index (χ2n) is 6.03. The fourth-order valence-electron chi connectivity index (χ4n) is 2.97. The van der Waals surface area contributed by atoms with Crippen molar-refractivity contribution in [3.63, 3.8) is 0 Å². The van der Waals surface area contributed by atoms with Crippen molar-refractivity contribution in [2.75, 3.05) is 24.6 Å². The molecule has 7 heteroatoms. The molecule has 3 nitrogen and oxygen atoms in total. The van der Waals surface area contributed by atoms with Gasteiger partial charge in [-0.05, 0) is 36.5 Å². The first-order chi connectivity index (χ1) is 10.9. The Balaban J connectivity index is 1.54. The summed E-state index contributed by atoms with van der Waals surface area (Å²) in [4.78, 5) is 6.68. The maximum atomic E-state index is 12.6. The van der Waals surface area contributed by atoms with Crippen molar-refractivity contribution in [1.29, 1.82) is 0 Å². The number of halogens is 3. The van der Waals surface area contributed by atoms with Gasteiger partial charge in [-0.3, -0.25) is 0 Å². The van der Waals surface area contributed by atoms with Gasteiger partial charge in [0.05, 0.1) is 11.6 Å². The smallest absolute Gasteiger partial charge is 0.370 e. The number of hydrogen-bond acceptors (Lipinski definition) is 2. The maximum absolute atomic E-state index is 12.6. The van der Waals surface area contributed by atoms with Crippen LogP contribution in [0.15, 0.2) is 29.3 Å². The van der Waals surface area contributed by atoms with Crippen molar-refractivity contribution in [1.82, 2.24) is 4.90 Å². The zero-order valence-corrected chi connectivity index (χ0v) is 13.5. The average Bonchev–Trinajstić information content (AvgIpc) is 2.50. The summed E-state index contributed by atoms with van der Waals surface area (Å²) in [5.74, 6) is 3.06. The summed E-state index contributed by atoms with van der Waals surface area (Å²) in [6.45, 7) is 1.88. The molecule has 0 aromatic heterocycles. The molecular weight excluding hydrogens is 323 g/mol. The third-order valence-corrected chi connectivity index (χ3v) is 5.42. The van der Waals surface area contributed by atoms with Gasteiger partial charge in [-0.25, -0.2) is 4.99 Å². The van der Waals surface area contributed by atoms with Crippen LogP contribution in [-0.2, 0) is 6.18 Å². The molecule has 0 atom stereocenters. The van der Waals surface area contributed by atoms with Gasteiger partial charge in [-0.2, -0.15) is 24.9 Å². The lowest BCUT2D eigenvalue weighted by molar-refractivity contribution is -0.137. The Morgan fingerprint density at radius 3 is 2.30 bits per heavy atom. The van der Waals surface area contributed by atoms with Crippen LogP contribution in [0.4, 0.5) is 13.2 Å². The van der Waals surface area contributed by atoms with E-state index < -0.39 is 11.7 Å². The molecule has 0 amide bonds. The Hall–Kier alpha value is -1.37. The number of alkyl halides is 3. The van der Waals surface area contributed by atoms with Gasteiger partial charge in [0.2, 0.25) is 0 Å². The van der Waals surface area contributed by atoms with Crippen molar-refractivity contribution in [3.8, 4) is 0 Å². The highest BCUT2D eigenvalue weighted by Gasteiger charge is 2.33. The van der Waals surface area contributed by atoms with Crippen molar-refractivity contribution in [3.05, 3.63) is 35.4 Å². The number of rotatable bonds is 2. The van der Waals surface area contributed by atoms with Crippen molar-refractivity contribution < 1.29 is 13.2 Å². The molecule has 0 bridgehead atoms. The molecule has 1 saturated carbocycles. The minimum atomic E-state index is -4.27. The molecular formula is C16H20F3N3S. The Morgan fingerprint density at radius 1 is 1.13 bits per heavy atom. The normalized spacial score (nSPS) is 26.0. The fraction of sp³-hybridized carbons (Fsp3) is 0.562. The van der Waals surface area contributed by atoms with Gasteiger partial charge in [0.1, 0.15) is 0 Å². The molecule has 1 saturated heterocycles. The van der Waals surface area contributed by atoms with E-state index in [0.717, 1.165) is 55.1 Å². The third kappa shape index (κ3) is 3.94. The monoisotopic (exact) mass is 343 g/mol. The van der Waals surface area contributed by atoms with Gasteiger partial charge < -0.3 is 10.6 Å². The Morgan fingerprint density at radius 2 is 1.74 bits per heavy atom. The quantitative estimate of drug-likeness (QED) is 0.662. The van der Waals surface area contributed by atoms with E-state index in [1.165, 1.54) is 0 Å². The predicted molar refractivity (Wildman–Crippen MR) is 87.7 cm³/mol. The van der Waals surface area contributed by atoms with Crippen LogP contribution in [0.1, 0.15) is 29.9 Å². The third-order valence-electron chi connectivity index (χ3n) is 4.47. The molecule has 23 heavy (non-hydrogen) atoms. The molecule has 2 N–H and O–H groups in total. The molecule has 0 unspecified atom stereocenters. The molecule has 1 aliphatic heterocycles. The largest absolute Gasteiger partial charge is 0.416 e. The number of guanidine groups is 1. The molecule has 1 aliphatic carbocycles. The summed E-state index contributed by atoms with van der Waals surface area (Å²) in [6, 6.07) is 5.67. The lowest BCUT2D eigenvalue weighted by Gasteiger charge is -2.35. The van der Waals surface area contributed by atoms with E-state index in [-0.39, 0.29) is 12.0 Å². The summed E-state index contributed by atoms with van der Waals surface area (Å²) in [5, 5.41) is 0.